The minimum absolute atomic E-state index is 0.341. The van der Waals surface area contributed by atoms with E-state index in [-0.39, 0.29) is 0 Å². The maximum Gasteiger partial charge on any atom is 0.280 e. The highest BCUT2D eigenvalue weighted by atomic mass is 79.9. The molecule has 4 heterocycles. The van der Waals surface area contributed by atoms with Crippen LogP contribution in [0, 0.1) is 0 Å². The second-order valence-electron chi connectivity index (χ2n) is 4.68. The average Bonchev–Trinajstić information content (AvgIpc) is 3.06. The van der Waals surface area contributed by atoms with Gasteiger partial charge >= 0.3 is 0 Å². The molecule has 1 fully saturated rings. The van der Waals surface area contributed by atoms with Gasteiger partial charge in [0.05, 0.1) is 12.2 Å². The molecule has 0 aromatic carbocycles. The summed E-state index contributed by atoms with van der Waals surface area (Å²) >= 11 is 3.34. The molecule has 0 radical (unpaired) electrons. The van der Waals surface area contributed by atoms with Gasteiger partial charge in [0.2, 0.25) is 5.82 Å². The second-order valence-corrected chi connectivity index (χ2v) is 5.60. The molecular formula is C12H10BrN7O. The predicted octanol–water partition coefficient (Wildman–Crippen LogP) is 1.30. The van der Waals surface area contributed by atoms with Crippen LogP contribution >= 0.6 is 15.9 Å². The molecule has 3 aromatic heterocycles. The summed E-state index contributed by atoms with van der Waals surface area (Å²) in [7, 11) is 0. The van der Waals surface area contributed by atoms with Crippen LogP contribution in [0.4, 0.5) is 0 Å². The molecule has 0 amide bonds. The number of aromatic nitrogens is 6. The van der Waals surface area contributed by atoms with Gasteiger partial charge in [-0.15, -0.1) is 5.10 Å². The number of rotatable bonds is 3. The van der Waals surface area contributed by atoms with E-state index >= 15 is 0 Å². The molecule has 9 heteroatoms. The fourth-order valence-electron chi connectivity index (χ4n) is 1.95. The van der Waals surface area contributed by atoms with E-state index in [1.165, 1.54) is 0 Å². The molecule has 0 spiro atoms. The zero-order valence-electron chi connectivity index (χ0n) is 10.8. The van der Waals surface area contributed by atoms with Gasteiger partial charge in [0.25, 0.3) is 5.89 Å². The molecule has 0 bridgehead atoms. The van der Waals surface area contributed by atoms with Gasteiger partial charge in [-0.3, -0.25) is 4.98 Å². The third-order valence-electron chi connectivity index (χ3n) is 3.25. The number of pyridine rings is 1. The molecule has 1 saturated heterocycles. The Morgan fingerprint density at radius 1 is 1.29 bits per heavy atom. The molecule has 3 aromatic rings. The minimum Gasteiger partial charge on any atom is -0.332 e. The summed E-state index contributed by atoms with van der Waals surface area (Å²) in [5.74, 6) is 0.769. The summed E-state index contributed by atoms with van der Waals surface area (Å²) in [5.41, 5.74) is 1.21. The lowest BCUT2D eigenvalue weighted by atomic mass is 10.2. The Morgan fingerprint density at radius 2 is 2.19 bits per heavy atom. The SMILES string of the molecule is Brc1ccc(-c2noc(-c3cn(C4CNC4)nn3)n2)nc1. The Bertz CT molecular complexity index is 762. The zero-order chi connectivity index (χ0) is 14.2. The average molecular weight is 348 g/mol. The fourth-order valence-corrected chi connectivity index (χ4v) is 2.19. The standard InChI is InChI=1S/C12H10BrN7O/c13-7-1-2-9(15-3-7)11-16-12(21-18-11)10-6-20(19-17-10)8-4-14-5-8/h1-3,6,8,14H,4-5H2. The Kier molecular flexibility index (Phi) is 3.00. The van der Waals surface area contributed by atoms with Crippen LogP contribution in [0.3, 0.4) is 0 Å². The fraction of sp³-hybridized carbons (Fsp3) is 0.250. The molecular weight excluding hydrogens is 338 g/mol. The van der Waals surface area contributed by atoms with Crippen LogP contribution < -0.4 is 5.32 Å². The van der Waals surface area contributed by atoms with Crippen molar-refractivity contribution in [3.8, 4) is 23.1 Å². The first-order valence-electron chi connectivity index (χ1n) is 6.38. The van der Waals surface area contributed by atoms with E-state index in [0.29, 0.717) is 29.1 Å². The zero-order valence-corrected chi connectivity index (χ0v) is 12.4. The molecule has 8 nitrogen and oxygen atoms in total. The van der Waals surface area contributed by atoms with Crippen molar-refractivity contribution in [2.45, 2.75) is 6.04 Å². The van der Waals surface area contributed by atoms with Crippen LogP contribution in [-0.4, -0.2) is 43.2 Å². The molecule has 0 unspecified atom stereocenters. The third-order valence-corrected chi connectivity index (χ3v) is 3.72. The first-order valence-corrected chi connectivity index (χ1v) is 7.17. The van der Waals surface area contributed by atoms with E-state index in [0.717, 1.165) is 17.6 Å². The summed E-state index contributed by atoms with van der Waals surface area (Å²) < 4.78 is 7.94. The molecule has 4 rings (SSSR count). The normalized spacial score (nSPS) is 15.1. The third kappa shape index (κ3) is 2.34. The quantitative estimate of drug-likeness (QED) is 0.762. The number of halogens is 1. The lowest BCUT2D eigenvalue weighted by Crippen LogP contribution is -2.43. The smallest absolute Gasteiger partial charge is 0.280 e. The van der Waals surface area contributed by atoms with Gasteiger partial charge in [-0.05, 0) is 28.1 Å². The van der Waals surface area contributed by atoms with Crippen LogP contribution in [0.2, 0.25) is 0 Å². The van der Waals surface area contributed by atoms with Gasteiger partial charge in [0.1, 0.15) is 5.69 Å². The van der Waals surface area contributed by atoms with Gasteiger partial charge < -0.3 is 9.84 Å². The number of nitrogens with one attached hydrogen (secondary N) is 1. The molecule has 0 atom stereocenters. The molecule has 106 valence electrons. The van der Waals surface area contributed by atoms with Crippen molar-refractivity contribution in [2.75, 3.05) is 13.1 Å². The van der Waals surface area contributed by atoms with Crippen LogP contribution in [0.1, 0.15) is 6.04 Å². The number of hydrogen-bond donors (Lipinski definition) is 1. The largest absolute Gasteiger partial charge is 0.332 e. The van der Waals surface area contributed by atoms with Gasteiger partial charge in [-0.2, -0.15) is 4.98 Å². The second kappa shape index (κ2) is 5.01. The molecule has 21 heavy (non-hydrogen) atoms. The summed E-state index contributed by atoms with van der Waals surface area (Å²) in [6, 6.07) is 4.04. The van der Waals surface area contributed by atoms with Crippen LogP contribution in [0.25, 0.3) is 23.1 Å². The highest BCUT2D eigenvalue weighted by Gasteiger charge is 2.22. The van der Waals surface area contributed by atoms with E-state index in [2.05, 4.69) is 46.7 Å². The van der Waals surface area contributed by atoms with Crippen LogP contribution in [0.5, 0.6) is 0 Å². The maximum atomic E-state index is 5.24. The van der Waals surface area contributed by atoms with Crippen LogP contribution in [0.15, 0.2) is 33.5 Å². The maximum absolute atomic E-state index is 5.24. The Morgan fingerprint density at radius 3 is 2.90 bits per heavy atom. The van der Waals surface area contributed by atoms with E-state index in [4.69, 9.17) is 4.52 Å². The van der Waals surface area contributed by atoms with Crippen molar-refractivity contribution < 1.29 is 4.52 Å². The molecule has 1 N–H and O–H groups in total. The van der Waals surface area contributed by atoms with Gasteiger partial charge in [-0.1, -0.05) is 10.4 Å². The monoisotopic (exact) mass is 347 g/mol. The minimum atomic E-state index is 0.341. The topological polar surface area (TPSA) is 94.6 Å². The summed E-state index contributed by atoms with van der Waals surface area (Å²) in [6.45, 7) is 1.81. The van der Waals surface area contributed by atoms with Crippen molar-refractivity contribution in [1.29, 1.82) is 0 Å². The molecule has 0 aliphatic carbocycles. The highest BCUT2D eigenvalue weighted by Crippen LogP contribution is 2.21. The molecule has 1 aliphatic heterocycles. The predicted molar refractivity (Wildman–Crippen MR) is 76.2 cm³/mol. The van der Waals surface area contributed by atoms with Crippen molar-refractivity contribution in [3.63, 3.8) is 0 Å². The lowest BCUT2D eigenvalue weighted by Gasteiger charge is -2.26. The van der Waals surface area contributed by atoms with Crippen molar-refractivity contribution in [1.82, 2.24) is 35.4 Å². The Labute approximate surface area is 127 Å². The van der Waals surface area contributed by atoms with E-state index in [9.17, 15) is 0 Å². The summed E-state index contributed by atoms with van der Waals surface area (Å²) in [4.78, 5) is 8.54. The first-order chi connectivity index (χ1) is 10.3. The number of nitrogens with zero attached hydrogens (tertiary/aromatic N) is 6. The summed E-state index contributed by atoms with van der Waals surface area (Å²) in [5, 5.41) is 15.3. The Balaban J connectivity index is 1.61. The van der Waals surface area contributed by atoms with Crippen molar-refractivity contribution in [2.24, 2.45) is 0 Å². The lowest BCUT2D eigenvalue weighted by molar-refractivity contribution is 0.313. The Hall–Kier alpha value is -2.13. The van der Waals surface area contributed by atoms with Gasteiger partial charge in [-0.25, -0.2) is 4.68 Å². The van der Waals surface area contributed by atoms with Crippen molar-refractivity contribution in [3.05, 3.63) is 29.0 Å². The summed E-state index contributed by atoms with van der Waals surface area (Å²) in [6.07, 6.45) is 3.50. The molecule has 1 aliphatic rings. The van der Waals surface area contributed by atoms with Gasteiger partial charge in [0, 0.05) is 23.8 Å². The van der Waals surface area contributed by atoms with E-state index < -0.39 is 0 Å². The first kappa shape index (κ1) is 12.6. The van der Waals surface area contributed by atoms with E-state index in [1.807, 2.05) is 23.0 Å². The van der Waals surface area contributed by atoms with Crippen molar-refractivity contribution >= 4 is 15.9 Å². The van der Waals surface area contributed by atoms with E-state index in [1.54, 1.807) is 6.20 Å². The van der Waals surface area contributed by atoms with Crippen LogP contribution in [-0.2, 0) is 0 Å². The molecule has 0 saturated carbocycles. The number of hydrogen-bond acceptors (Lipinski definition) is 7. The highest BCUT2D eigenvalue weighted by molar-refractivity contribution is 9.10. The van der Waals surface area contributed by atoms with Gasteiger partial charge in [0.15, 0.2) is 5.69 Å².